The van der Waals surface area contributed by atoms with Crippen molar-refractivity contribution < 1.29 is 28.7 Å². The Morgan fingerprint density at radius 1 is 0.556 bits per heavy atom. The highest BCUT2D eigenvalue weighted by atomic mass is 33.1. The van der Waals surface area contributed by atoms with Crippen molar-refractivity contribution in [1.29, 1.82) is 0 Å². The van der Waals surface area contributed by atoms with Crippen LogP contribution >= 0.6 is 21.6 Å². The molecular formula is C37H67N9O6S2. The van der Waals surface area contributed by atoms with Gasteiger partial charge in [0.2, 0.25) is 17.7 Å². The fourth-order valence-electron chi connectivity index (χ4n) is 5.71. The topological polar surface area (TPSA) is 279 Å². The maximum absolute atomic E-state index is 12.6. The monoisotopic (exact) mass is 797 g/mol. The number of amides is 3. The minimum atomic E-state index is -0.670. The fraction of sp³-hybridized carbons (Fsp3) is 0.730. The van der Waals surface area contributed by atoms with Crippen molar-refractivity contribution in [3.8, 4) is 11.5 Å². The average molecular weight is 798 g/mol. The molecule has 1 heterocycles. The summed E-state index contributed by atoms with van der Waals surface area (Å²) >= 11 is 0. The number of nitrogens with one attached hydrogen (secondary N) is 3. The minimum Gasteiger partial charge on any atom is -0.488 e. The Morgan fingerprint density at radius 2 is 0.963 bits per heavy atom. The lowest BCUT2D eigenvalue weighted by Gasteiger charge is -2.20. The average Bonchev–Trinajstić information content (AvgIpc) is 3.17. The number of hydrogen-bond acceptors (Lipinski definition) is 14. The summed E-state index contributed by atoms with van der Waals surface area (Å²) in [4.78, 5) is 49.4. The van der Waals surface area contributed by atoms with Gasteiger partial charge in [-0.1, -0.05) is 47.3 Å². The molecule has 15 N–H and O–H groups in total. The van der Waals surface area contributed by atoms with E-state index in [-0.39, 0.29) is 49.8 Å². The molecule has 0 aromatic heterocycles. The van der Waals surface area contributed by atoms with Gasteiger partial charge in [-0.05, 0) is 94.1 Å². The lowest BCUT2D eigenvalue weighted by Crippen LogP contribution is -2.42. The van der Waals surface area contributed by atoms with Gasteiger partial charge in [-0.2, -0.15) is 0 Å². The SMILES string of the molecule is NCCCC[C@H](N)C(=O)CCCCC[C@H](N)C(=O)NCCOc1cc2c(cc1OCCNC(=O)[C@@H](N)CCCCNC(=O)[C@@H](N)CCCCN)CSSC2. The largest absolute Gasteiger partial charge is 0.488 e. The van der Waals surface area contributed by atoms with Crippen molar-refractivity contribution >= 4 is 45.1 Å². The number of unbranched alkanes of at least 4 members (excludes halogenated alkanes) is 5. The maximum Gasteiger partial charge on any atom is 0.237 e. The zero-order valence-electron chi connectivity index (χ0n) is 32.0. The van der Waals surface area contributed by atoms with Crippen molar-refractivity contribution in [3.63, 3.8) is 0 Å². The predicted octanol–water partition coefficient (Wildman–Crippen LogP) is 1.44. The van der Waals surface area contributed by atoms with E-state index in [1.165, 1.54) is 11.1 Å². The normalized spacial score (nSPS) is 14.6. The summed E-state index contributed by atoms with van der Waals surface area (Å²) in [6, 6.07) is 1.69. The van der Waals surface area contributed by atoms with Gasteiger partial charge in [-0.25, -0.2) is 0 Å². The standard InChI is InChI=1S/C37H67N9O6S2/c38-15-7-4-10-28(40)32(47)14-3-1-2-11-29(41)36(49)45-18-20-51-33-22-26-24-53-54-25-27(26)23-34(33)52-21-19-46-37(50)31(43)13-6-9-17-44-35(48)30(42)12-5-8-16-39/h22-23,28-31H,1-21,24-25,38-43H2,(H,44,48)(H,45,49)(H,46,50)/t28-,29-,30-,31-/m0/s1. The van der Waals surface area contributed by atoms with Crippen LogP contribution in [0.15, 0.2) is 12.1 Å². The second-order valence-corrected chi connectivity index (χ2v) is 16.2. The summed E-state index contributed by atoms with van der Waals surface area (Å²) in [6.45, 7) is 2.64. The number of hydrogen-bond donors (Lipinski definition) is 9. The third-order valence-corrected chi connectivity index (χ3v) is 11.4. The van der Waals surface area contributed by atoms with E-state index in [2.05, 4.69) is 16.0 Å². The highest BCUT2D eigenvalue weighted by Crippen LogP contribution is 2.41. The van der Waals surface area contributed by atoms with Crippen molar-refractivity contribution in [1.82, 2.24) is 16.0 Å². The molecule has 2 rings (SSSR count). The van der Waals surface area contributed by atoms with E-state index >= 15 is 0 Å². The number of Topliss-reactive ketones (excluding diaryl/α,β-unsaturated/α-hetero) is 1. The quantitative estimate of drug-likeness (QED) is 0.0380. The molecule has 0 bridgehead atoms. The molecule has 0 fully saturated rings. The number of ketones is 1. The van der Waals surface area contributed by atoms with Crippen molar-refractivity contribution in [2.75, 3.05) is 45.9 Å². The van der Waals surface area contributed by atoms with E-state index in [1.54, 1.807) is 21.6 Å². The third-order valence-electron chi connectivity index (χ3n) is 9.14. The Kier molecular flexibility index (Phi) is 25.3. The lowest BCUT2D eigenvalue weighted by atomic mass is 10.0. The van der Waals surface area contributed by atoms with Crippen LogP contribution in [0.4, 0.5) is 0 Å². The molecule has 0 aliphatic carbocycles. The zero-order chi connectivity index (χ0) is 39.6. The van der Waals surface area contributed by atoms with Crippen LogP contribution in [0.25, 0.3) is 0 Å². The molecule has 3 amide bonds. The first-order valence-electron chi connectivity index (χ1n) is 19.5. The maximum atomic E-state index is 12.6. The van der Waals surface area contributed by atoms with Gasteiger partial charge >= 0.3 is 0 Å². The van der Waals surface area contributed by atoms with Gasteiger partial charge < -0.3 is 59.8 Å². The molecule has 17 heteroatoms. The van der Waals surface area contributed by atoms with Gasteiger partial charge in [0.05, 0.1) is 37.3 Å². The molecule has 0 saturated heterocycles. The van der Waals surface area contributed by atoms with E-state index in [1.807, 2.05) is 12.1 Å². The molecule has 0 radical (unpaired) electrons. The minimum absolute atomic E-state index is 0.0748. The van der Waals surface area contributed by atoms with Crippen molar-refractivity contribution in [2.24, 2.45) is 34.4 Å². The van der Waals surface area contributed by atoms with Gasteiger partial charge in [-0.15, -0.1) is 0 Å². The highest BCUT2D eigenvalue weighted by Gasteiger charge is 2.19. The second-order valence-electron chi connectivity index (χ2n) is 13.7. The number of carbonyl (C=O) groups is 4. The molecular weight excluding hydrogens is 731 g/mol. The molecule has 1 aliphatic heterocycles. The molecule has 54 heavy (non-hydrogen) atoms. The number of benzene rings is 1. The van der Waals surface area contributed by atoms with Crippen molar-refractivity contribution in [2.45, 2.75) is 126 Å². The molecule has 0 unspecified atom stereocenters. The molecule has 1 aromatic rings. The summed E-state index contributed by atoms with van der Waals surface area (Å²) < 4.78 is 12.1. The summed E-state index contributed by atoms with van der Waals surface area (Å²) in [5, 5.41) is 8.51. The zero-order valence-corrected chi connectivity index (χ0v) is 33.6. The number of ether oxygens (including phenoxy) is 2. The molecule has 0 spiro atoms. The van der Waals surface area contributed by atoms with Crippen LogP contribution in [0.5, 0.6) is 11.5 Å². The van der Waals surface area contributed by atoms with Crippen LogP contribution < -0.4 is 59.8 Å². The molecule has 4 atom stereocenters. The van der Waals surface area contributed by atoms with E-state index < -0.39 is 24.2 Å². The first kappa shape index (κ1) is 47.5. The Hall–Kier alpha value is -2.64. The van der Waals surface area contributed by atoms with Crippen LogP contribution in [0, 0.1) is 0 Å². The van der Waals surface area contributed by atoms with Crippen LogP contribution in [-0.4, -0.2) is 93.6 Å². The predicted molar refractivity (Wildman–Crippen MR) is 219 cm³/mol. The van der Waals surface area contributed by atoms with Gasteiger partial charge in [0.25, 0.3) is 0 Å². The van der Waals surface area contributed by atoms with E-state index in [0.717, 1.165) is 56.5 Å². The molecule has 15 nitrogen and oxygen atoms in total. The third kappa shape index (κ3) is 19.8. The summed E-state index contributed by atoms with van der Waals surface area (Å²) in [5.74, 6) is 2.22. The van der Waals surface area contributed by atoms with Gasteiger partial charge in [0.15, 0.2) is 11.5 Å². The van der Waals surface area contributed by atoms with E-state index in [4.69, 9.17) is 43.9 Å². The second kappa shape index (κ2) is 28.7. The van der Waals surface area contributed by atoms with Crippen LogP contribution in [0.1, 0.15) is 101 Å². The number of nitrogens with two attached hydrogens (primary N) is 6. The number of rotatable bonds is 31. The summed E-state index contributed by atoms with van der Waals surface area (Å²) in [5.41, 5.74) is 37.4. The van der Waals surface area contributed by atoms with Gasteiger partial charge in [0.1, 0.15) is 19.0 Å². The van der Waals surface area contributed by atoms with E-state index in [9.17, 15) is 19.2 Å². The van der Waals surface area contributed by atoms with Gasteiger partial charge in [-0.3, -0.25) is 19.2 Å². The molecule has 0 saturated carbocycles. The first-order valence-corrected chi connectivity index (χ1v) is 22.0. The fourth-order valence-corrected chi connectivity index (χ4v) is 7.93. The van der Waals surface area contributed by atoms with Crippen molar-refractivity contribution in [3.05, 3.63) is 23.3 Å². The first-order chi connectivity index (χ1) is 26.1. The summed E-state index contributed by atoms with van der Waals surface area (Å²) in [7, 11) is 3.56. The van der Waals surface area contributed by atoms with Crippen LogP contribution in [0.2, 0.25) is 0 Å². The Bertz CT molecular complexity index is 1170. The lowest BCUT2D eigenvalue weighted by molar-refractivity contribution is -0.123. The molecule has 1 aliphatic rings. The Balaban J connectivity index is 1.68. The highest BCUT2D eigenvalue weighted by molar-refractivity contribution is 8.76. The van der Waals surface area contributed by atoms with Crippen LogP contribution in [-0.2, 0) is 30.7 Å². The Morgan fingerprint density at radius 3 is 1.43 bits per heavy atom. The smallest absolute Gasteiger partial charge is 0.237 e. The van der Waals surface area contributed by atoms with Crippen LogP contribution in [0.3, 0.4) is 0 Å². The molecule has 1 aromatic carbocycles. The summed E-state index contributed by atoms with van der Waals surface area (Å²) in [6.07, 6.45) is 9.76. The van der Waals surface area contributed by atoms with E-state index in [0.29, 0.717) is 76.1 Å². The Labute approximate surface area is 329 Å². The number of carbonyl (C=O) groups excluding carboxylic acids is 4. The number of fused-ring (bicyclic) bond motifs is 1. The molecule has 308 valence electrons. The van der Waals surface area contributed by atoms with Gasteiger partial charge in [0, 0.05) is 24.5 Å².